The van der Waals surface area contributed by atoms with Crippen LogP contribution in [0.2, 0.25) is 0 Å². The molecule has 0 aromatic heterocycles. The summed E-state index contributed by atoms with van der Waals surface area (Å²) in [6, 6.07) is 7.72. The molecule has 1 rings (SSSR count). The molecule has 16 heavy (non-hydrogen) atoms. The van der Waals surface area contributed by atoms with Crippen LogP contribution in [0.3, 0.4) is 0 Å². The molecule has 0 unspecified atom stereocenters. The van der Waals surface area contributed by atoms with Crippen molar-refractivity contribution in [2.24, 2.45) is 0 Å². The molecule has 0 fully saturated rings. The second kappa shape index (κ2) is 6.25. The molecule has 0 radical (unpaired) electrons. The van der Waals surface area contributed by atoms with E-state index in [4.69, 9.17) is 4.74 Å². The molecular formula is C11H15BrO3S. The molecule has 0 N–H and O–H groups in total. The van der Waals surface area contributed by atoms with Crippen LogP contribution in [-0.4, -0.2) is 27.0 Å². The lowest BCUT2D eigenvalue weighted by Gasteiger charge is -2.06. The summed E-state index contributed by atoms with van der Waals surface area (Å²) in [5, 5.41) is 0.785. The monoisotopic (exact) mass is 306 g/mol. The van der Waals surface area contributed by atoms with E-state index < -0.39 is 9.84 Å². The second-order valence-electron chi connectivity index (χ2n) is 3.61. The Balaban J connectivity index is 2.37. The molecular weight excluding hydrogens is 292 g/mol. The molecule has 0 saturated carbocycles. The lowest BCUT2D eigenvalue weighted by molar-refractivity contribution is 0.317. The van der Waals surface area contributed by atoms with Gasteiger partial charge in [0.05, 0.1) is 12.4 Å². The Morgan fingerprint density at radius 1 is 1.38 bits per heavy atom. The van der Waals surface area contributed by atoms with Crippen molar-refractivity contribution >= 4 is 25.8 Å². The van der Waals surface area contributed by atoms with Gasteiger partial charge in [-0.2, -0.15) is 0 Å². The smallest absolute Gasteiger partial charge is 0.147 e. The van der Waals surface area contributed by atoms with E-state index in [9.17, 15) is 8.42 Å². The number of halogens is 1. The normalized spacial score (nSPS) is 11.4. The van der Waals surface area contributed by atoms with E-state index in [2.05, 4.69) is 15.9 Å². The fourth-order valence-electron chi connectivity index (χ4n) is 1.23. The third-order valence-electron chi connectivity index (χ3n) is 1.98. The Labute approximate surface area is 105 Å². The fourth-order valence-corrected chi connectivity index (χ4v) is 2.22. The summed E-state index contributed by atoms with van der Waals surface area (Å²) in [6.07, 6.45) is 1.76. The number of ether oxygens (including phenoxy) is 1. The van der Waals surface area contributed by atoms with Crippen molar-refractivity contribution in [3.05, 3.63) is 29.8 Å². The van der Waals surface area contributed by atoms with Crippen LogP contribution in [0.25, 0.3) is 0 Å². The number of alkyl halides is 1. The van der Waals surface area contributed by atoms with Crippen molar-refractivity contribution in [2.75, 3.05) is 18.6 Å². The summed E-state index contributed by atoms with van der Waals surface area (Å²) in [5.74, 6) is 0.955. The molecule has 0 saturated heterocycles. The quantitative estimate of drug-likeness (QED) is 0.599. The summed E-state index contributed by atoms with van der Waals surface area (Å²) in [7, 11) is -2.88. The highest BCUT2D eigenvalue weighted by molar-refractivity contribution is 9.08. The maximum Gasteiger partial charge on any atom is 0.147 e. The van der Waals surface area contributed by atoms with Crippen LogP contribution in [0, 0.1) is 0 Å². The van der Waals surface area contributed by atoms with Gasteiger partial charge in [-0.3, -0.25) is 0 Å². The van der Waals surface area contributed by atoms with E-state index in [0.29, 0.717) is 13.0 Å². The molecule has 0 bridgehead atoms. The first-order chi connectivity index (χ1) is 7.51. The maximum atomic E-state index is 10.9. The molecule has 0 spiro atoms. The van der Waals surface area contributed by atoms with E-state index in [0.717, 1.165) is 16.6 Å². The van der Waals surface area contributed by atoms with Crippen molar-refractivity contribution in [1.29, 1.82) is 0 Å². The Bertz CT molecular complexity index is 429. The zero-order valence-electron chi connectivity index (χ0n) is 9.15. The number of benzene rings is 1. The first-order valence-corrected chi connectivity index (χ1v) is 8.15. The molecule has 1 aromatic rings. The predicted octanol–water partition coefficient (Wildman–Crippen LogP) is 2.40. The van der Waals surface area contributed by atoms with Crippen molar-refractivity contribution < 1.29 is 13.2 Å². The zero-order valence-corrected chi connectivity index (χ0v) is 11.6. The maximum absolute atomic E-state index is 10.9. The first kappa shape index (κ1) is 13.5. The summed E-state index contributed by atoms with van der Waals surface area (Å²) in [6.45, 7) is 0.429. The minimum atomic E-state index is -2.88. The Hall–Kier alpha value is -0.550. The lowest BCUT2D eigenvalue weighted by atomic mass is 10.2. The minimum Gasteiger partial charge on any atom is -0.494 e. The van der Waals surface area contributed by atoms with Gasteiger partial charge in [-0.15, -0.1) is 0 Å². The highest BCUT2D eigenvalue weighted by atomic mass is 79.9. The Morgan fingerprint density at radius 3 is 2.75 bits per heavy atom. The summed E-state index contributed by atoms with van der Waals surface area (Å²) in [5.41, 5.74) is 1.14. The van der Waals surface area contributed by atoms with E-state index >= 15 is 0 Å². The molecule has 0 aliphatic carbocycles. The van der Waals surface area contributed by atoms with Crippen molar-refractivity contribution in [3.8, 4) is 5.75 Å². The van der Waals surface area contributed by atoms with Gasteiger partial charge in [0.25, 0.3) is 0 Å². The van der Waals surface area contributed by atoms with Gasteiger partial charge in [0.1, 0.15) is 15.6 Å². The number of sulfone groups is 1. The van der Waals surface area contributed by atoms with Gasteiger partial charge in [-0.05, 0) is 24.1 Å². The van der Waals surface area contributed by atoms with Crippen LogP contribution in [-0.2, 0) is 15.2 Å². The number of hydrogen-bond donors (Lipinski definition) is 0. The van der Waals surface area contributed by atoms with Gasteiger partial charge in [-0.1, -0.05) is 28.1 Å². The van der Waals surface area contributed by atoms with Crippen LogP contribution >= 0.6 is 15.9 Å². The Morgan fingerprint density at radius 2 is 2.12 bits per heavy atom. The summed E-state index contributed by atoms with van der Waals surface area (Å²) in [4.78, 5) is 0. The van der Waals surface area contributed by atoms with Crippen molar-refractivity contribution in [1.82, 2.24) is 0 Å². The van der Waals surface area contributed by atoms with Crippen LogP contribution in [0.1, 0.15) is 12.0 Å². The third-order valence-corrected chi connectivity index (χ3v) is 3.66. The molecule has 90 valence electrons. The van der Waals surface area contributed by atoms with Gasteiger partial charge < -0.3 is 4.74 Å². The van der Waals surface area contributed by atoms with Crippen LogP contribution in [0.15, 0.2) is 24.3 Å². The molecule has 0 aliphatic heterocycles. The summed E-state index contributed by atoms with van der Waals surface area (Å²) >= 11 is 3.36. The van der Waals surface area contributed by atoms with Crippen molar-refractivity contribution in [3.63, 3.8) is 0 Å². The minimum absolute atomic E-state index is 0.172. The van der Waals surface area contributed by atoms with Crippen LogP contribution < -0.4 is 4.74 Å². The molecule has 0 amide bonds. The Kier molecular flexibility index (Phi) is 5.28. The fraction of sp³-hybridized carbons (Fsp3) is 0.455. The van der Waals surface area contributed by atoms with E-state index in [1.165, 1.54) is 6.26 Å². The molecule has 3 nitrogen and oxygen atoms in total. The van der Waals surface area contributed by atoms with Gasteiger partial charge in [-0.25, -0.2) is 8.42 Å². The van der Waals surface area contributed by atoms with Crippen molar-refractivity contribution in [2.45, 2.75) is 11.8 Å². The molecule has 0 aliphatic rings. The molecule has 0 heterocycles. The van der Waals surface area contributed by atoms with Gasteiger partial charge in [0.15, 0.2) is 0 Å². The van der Waals surface area contributed by atoms with Gasteiger partial charge in [0.2, 0.25) is 0 Å². The first-order valence-electron chi connectivity index (χ1n) is 4.97. The second-order valence-corrected chi connectivity index (χ2v) is 6.43. The van der Waals surface area contributed by atoms with Crippen LogP contribution in [0.4, 0.5) is 0 Å². The van der Waals surface area contributed by atoms with Gasteiger partial charge >= 0.3 is 0 Å². The zero-order chi connectivity index (χ0) is 12.0. The molecule has 5 heteroatoms. The largest absolute Gasteiger partial charge is 0.494 e. The highest BCUT2D eigenvalue weighted by Crippen LogP contribution is 2.15. The molecule has 0 atom stereocenters. The predicted molar refractivity (Wildman–Crippen MR) is 68.9 cm³/mol. The van der Waals surface area contributed by atoms with Crippen LogP contribution in [0.5, 0.6) is 5.75 Å². The average Bonchev–Trinajstić information content (AvgIpc) is 2.23. The average molecular weight is 307 g/mol. The topological polar surface area (TPSA) is 43.4 Å². The lowest BCUT2D eigenvalue weighted by Crippen LogP contribution is -2.08. The van der Waals surface area contributed by atoms with Gasteiger partial charge in [0, 0.05) is 11.6 Å². The standard InChI is InChI=1S/C11H15BrO3S/c1-16(13,14)7-3-6-15-11-5-2-4-10(8-11)9-12/h2,4-5,8H,3,6-7,9H2,1H3. The van der Waals surface area contributed by atoms with E-state index in [-0.39, 0.29) is 5.75 Å². The summed E-state index contributed by atoms with van der Waals surface area (Å²) < 4.78 is 27.2. The number of rotatable bonds is 6. The van der Waals surface area contributed by atoms with E-state index in [1.54, 1.807) is 0 Å². The number of hydrogen-bond acceptors (Lipinski definition) is 3. The van der Waals surface area contributed by atoms with E-state index in [1.807, 2.05) is 24.3 Å². The third kappa shape index (κ3) is 5.51. The highest BCUT2D eigenvalue weighted by Gasteiger charge is 2.02. The molecule has 1 aromatic carbocycles. The SMILES string of the molecule is CS(=O)(=O)CCCOc1cccc(CBr)c1.